The van der Waals surface area contributed by atoms with Crippen LogP contribution in [0.4, 0.5) is 11.4 Å². The lowest BCUT2D eigenvalue weighted by molar-refractivity contribution is -0.114. The average molecular weight is 563 g/mol. The number of hydrogen-bond acceptors (Lipinski definition) is 8. The maximum atomic E-state index is 13.9. The van der Waals surface area contributed by atoms with Crippen LogP contribution in [0.5, 0.6) is 17.2 Å². The second-order valence-electron chi connectivity index (χ2n) is 7.66. The van der Waals surface area contributed by atoms with Crippen LogP contribution in [0, 0.1) is 0 Å². The van der Waals surface area contributed by atoms with Crippen LogP contribution in [-0.2, 0) is 19.6 Å². The topological polar surface area (TPSA) is 120 Å². The summed E-state index contributed by atoms with van der Waals surface area (Å²) in [5, 5.41) is 2.83. The molecule has 0 saturated carbocycles. The Morgan fingerprint density at radius 3 is 2.21 bits per heavy atom. The highest BCUT2D eigenvalue weighted by atomic mass is 35.5. The zero-order valence-corrected chi connectivity index (χ0v) is 22.8. The molecule has 0 aliphatic carbocycles. The highest BCUT2D eigenvalue weighted by Crippen LogP contribution is 2.37. The summed E-state index contributed by atoms with van der Waals surface area (Å²) < 4.78 is 49.6. The Kier molecular flexibility index (Phi) is 9.43. The Hall–Kier alpha value is -3.96. The molecule has 0 fully saturated rings. The van der Waals surface area contributed by atoms with E-state index in [2.05, 4.69) is 5.32 Å². The summed E-state index contributed by atoms with van der Waals surface area (Å²) in [6.07, 6.45) is 0. The Bertz CT molecular complexity index is 1430. The van der Waals surface area contributed by atoms with E-state index in [9.17, 15) is 18.0 Å². The predicted molar refractivity (Wildman–Crippen MR) is 143 cm³/mol. The molecule has 3 aromatic rings. The molecular weight excluding hydrogens is 536 g/mol. The summed E-state index contributed by atoms with van der Waals surface area (Å²) in [5.74, 6) is -0.688. The standard InChI is InChI=1S/C26H27ClN2O8S/c1-5-37-26(31)19-8-6-7-9-20(19)28-25(30)16-29(21-14-17(27)10-12-22(21)34-2)38(32,33)18-11-13-23(35-3)24(15-18)36-4/h6-15H,5,16H2,1-4H3,(H,28,30). The van der Waals surface area contributed by atoms with Crippen molar-refractivity contribution in [1.29, 1.82) is 0 Å². The van der Waals surface area contributed by atoms with Gasteiger partial charge in [0, 0.05) is 11.1 Å². The number of sulfonamides is 1. The Balaban J connectivity index is 2.07. The minimum Gasteiger partial charge on any atom is -0.495 e. The third kappa shape index (κ3) is 6.29. The summed E-state index contributed by atoms with van der Waals surface area (Å²) in [6.45, 7) is 1.13. The molecule has 12 heteroatoms. The number of para-hydroxylation sites is 1. The van der Waals surface area contributed by atoms with E-state index in [4.69, 9.17) is 30.5 Å². The molecule has 0 aliphatic heterocycles. The van der Waals surface area contributed by atoms with Crippen LogP contribution < -0.4 is 23.8 Å². The first-order valence-corrected chi connectivity index (χ1v) is 13.1. The van der Waals surface area contributed by atoms with Crippen molar-refractivity contribution in [1.82, 2.24) is 0 Å². The SMILES string of the molecule is CCOC(=O)c1ccccc1NC(=O)CN(c1cc(Cl)ccc1OC)S(=O)(=O)c1ccc(OC)c(OC)c1. The van der Waals surface area contributed by atoms with Crippen LogP contribution in [0.2, 0.25) is 5.02 Å². The summed E-state index contributed by atoms with van der Waals surface area (Å²) in [6, 6.07) is 14.7. The lowest BCUT2D eigenvalue weighted by Crippen LogP contribution is -2.38. The molecule has 0 spiro atoms. The first-order valence-electron chi connectivity index (χ1n) is 11.3. The van der Waals surface area contributed by atoms with Crippen molar-refractivity contribution in [2.24, 2.45) is 0 Å². The molecule has 202 valence electrons. The largest absolute Gasteiger partial charge is 0.495 e. The molecule has 0 bridgehead atoms. The molecule has 38 heavy (non-hydrogen) atoms. The minimum absolute atomic E-state index is 0.0311. The van der Waals surface area contributed by atoms with E-state index in [1.807, 2.05) is 0 Å². The van der Waals surface area contributed by atoms with Gasteiger partial charge in [0.05, 0.1) is 49.8 Å². The monoisotopic (exact) mass is 562 g/mol. The fourth-order valence-corrected chi connectivity index (χ4v) is 5.17. The van der Waals surface area contributed by atoms with Crippen molar-refractivity contribution in [2.75, 3.05) is 44.1 Å². The van der Waals surface area contributed by atoms with Gasteiger partial charge in [0.1, 0.15) is 12.3 Å². The smallest absolute Gasteiger partial charge is 0.340 e. The lowest BCUT2D eigenvalue weighted by Gasteiger charge is -2.26. The van der Waals surface area contributed by atoms with Crippen LogP contribution >= 0.6 is 11.6 Å². The molecule has 3 aromatic carbocycles. The zero-order valence-electron chi connectivity index (χ0n) is 21.2. The van der Waals surface area contributed by atoms with Crippen LogP contribution in [-0.4, -0.2) is 54.8 Å². The van der Waals surface area contributed by atoms with Gasteiger partial charge in [-0.2, -0.15) is 0 Å². The molecule has 0 aliphatic rings. The van der Waals surface area contributed by atoms with Gasteiger partial charge in [-0.25, -0.2) is 13.2 Å². The van der Waals surface area contributed by atoms with Crippen LogP contribution in [0.1, 0.15) is 17.3 Å². The summed E-state index contributed by atoms with van der Waals surface area (Å²) in [5.41, 5.74) is 0.318. The number of benzene rings is 3. The molecule has 1 N–H and O–H groups in total. The molecule has 0 aromatic heterocycles. The number of nitrogens with zero attached hydrogens (tertiary/aromatic N) is 1. The fraction of sp³-hybridized carbons (Fsp3) is 0.231. The van der Waals surface area contributed by atoms with Crippen molar-refractivity contribution in [3.05, 3.63) is 71.2 Å². The van der Waals surface area contributed by atoms with E-state index in [0.29, 0.717) is 5.75 Å². The molecule has 10 nitrogen and oxygen atoms in total. The number of methoxy groups -OCH3 is 3. The number of hydrogen-bond donors (Lipinski definition) is 1. The normalized spacial score (nSPS) is 10.9. The Labute approximate surface area is 226 Å². The predicted octanol–water partition coefficient (Wildman–Crippen LogP) is 4.38. The number of anilines is 2. The van der Waals surface area contributed by atoms with Crippen LogP contribution in [0.15, 0.2) is 65.6 Å². The first kappa shape index (κ1) is 28.6. The van der Waals surface area contributed by atoms with E-state index >= 15 is 0 Å². The minimum atomic E-state index is -4.38. The molecular formula is C26H27ClN2O8S. The second kappa shape index (κ2) is 12.5. The summed E-state index contributed by atoms with van der Waals surface area (Å²) >= 11 is 6.19. The maximum Gasteiger partial charge on any atom is 0.340 e. The van der Waals surface area contributed by atoms with Gasteiger partial charge in [-0.05, 0) is 49.4 Å². The Morgan fingerprint density at radius 2 is 1.55 bits per heavy atom. The molecule has 0 atom stereocenters. The van der Waals surface area contributed by atoms with E-state index in [1.54, 1.807) is 19.1 Å². The van der Waals surface area contributed by atoms with Gasteiger partial charge in [0.15, 0.2) is 11.5 Å². The van der Waals surface area contributed by atoms with E-state index in [0.717, 1.165) is 4.31 Å². The number of nitrogens with one attached hydrogen (secondary N) is 1. The summed E-state index contributed by atoms with van der Waals surface area (Å²) in [4.78, 5) is 25.4. The molecule has 0 heterocycles. The van der Waals surface area contributed by atoms with Crippen molar-refractivity contribution in [3.63, 3.8) is 0 Å². The zero-order chi connectivity index (χ0) is 27.9. The maximum absolute atomic E-state index is 13.9. The van der Waals surface area contributed by atoms with Crippen molar-refractivity contribution < 1.29 is 37.0 Å². The van der Waals surface area contributed by atoms with Crippen molar-refractivity contribution in [3.8, 4) is 17.2 Å². The number of carbonyl (C=O) groups is 2. The van der Waals surface area contributed by atoms with E-state index in [1.165, 1.54) is 69.9 Å². The van der Waals surface area contributed by atoms with Crippen LogP contribution in [0.25, 0.3) is 0 Å². The number of esters is 1. The van der Waals surface area contributed by atoms with Gasteiger partial charge >= 0.3 is 5.97 Å². The van der Waals surface area contributed by atoms with Gasteiger partial charge in [-0.3, -0.25) is 9.10 Å². The van der Waals surface area contributed by atoms with Crippen LogP contribution in [0.3, 0.4) is 0 Å². The fourth-order valence-electron chi connectivity index (χ4n) is 3.56. The lowest BCUT2D eigenvalue weighted by atomic mass is 10.2. The van der Waals surface area contributed by atoms with Gasteiger partial charge in [-0.15, -0.1) is 0 Å². The van der Waals surface area contributed by atoms with Gasteiger partial charge in [0.2, 0.25) is 5.91 Å². The molecule has 3 rings (SSSR count). The molecule has 0 saturated heterocycles. The van der Waals surface area contributed by atoms with Gasteiger partial charge in [0.25, 0.3) is 10.0 Å². The molecule has 1 amide bonds. The van der Waals surface area contributed by atoms with E-state index in [-0.39, 0.29) is 45.0 Å². The van der Waals surface area contributed by atoms with Gasteiger partial charge < -0.3 is 24.3 Å². The number of halogens is 1. The molecule has 0 unspecified atom stereocenters. The molecule has 0 radical (unpaired) electrons. The average Bonchev–Trinajstić information content (AvgIpc) is 2.91. The third-order valence-corrected chi connectivity index (χ3v) is 7.33. The van der Waals surface area contributed by atoms with Crippen molar-refractivity contribution >= 4 is 44.9 Å². The highest BCUT2D eigenvalue weighted by Gasteiger charge is 2.31. The number of amides is 1. The number of carbonyl (C=O) groups excluding carboxylic acids is 2. The number of ether oxygens (including phenoxy) is 4. The first-order chi connectivity index (χ1) is 18.2. The third-order valence-electron chi connectivity index (χ3n) is 5.34. The quantitative estimate of drug-likeness (QED) is 0.342. The number of rotatable bonds is 11. The van der Waals surface area contributed by atoms with Crippen molar-refractivity contribution in [2.45, 2.75) is 11.8 Å². The summed E-state index contributed by atoms with van der Waals surface area (Å²) in [7, 11) is -0.212. The van der Waals surface area contributed by atoms with E-state index < -0.39 is 28.4 Å². The highest BCUT2D eigenvalue weighted by molar-refractivity contribution is 7.92. The second-order valence-corrected chi connectivity index (χ2v) is 9.96. The van der Waals surface area contributed by atoms with Gasteiger partial charge in [-0.1, -0.05) is 23.7 Å². The Morgan fingerprint density at radius 1 is 0.895 bits per heavy atom.